The third kappa shape index (κ3) is 6.38. The molecule has 0 saturated carbocycles. The molecule has 1 unspecified atom stereocenters. The lowest BCUT2D eigenvalue weighted by molar-refractivity contribution is -0.140. The Hall–Kier alpha value is -3.65. The molecule has 8 heteroatoms. The molecule has 37 heavy (non-hydrogen) atoms. The molecule has 1 heterocycles. The van der Waals surface area contributed by atoms with Gasteiger partial charge in [-0.1, -0.05) is 32.6 Å². The van der Waals surface area contributed by atoms with E-state index in [2.05, 4.69) is 25.3 Å². The van der Waals surface area contributed by atoms with Gasteiger partial charge in [-0.3, -0.25) is 9.59 Å². The number of ether oxygens (including phenoxy) is 2. The van der Waals surface area contributed by atoms with Crippen LogP contribution in [-0.4, -0.2) is 66.0 Å². The van der Waals surface area contributed by atoms with Crippen molar-refractivity contribution in [3.05, 3.63) is 77.6 Å². The van der Waals surface area contributed by atoms with E-state index in [1.165, 1.54) is 29.2 Å². The number of carbonyl (C=O) groups is 2. The van der Waals surface area contributed by atoms with Crippen LogP contribution in [0.15, 0.2) is 60.7 Å². The topological polar surface area (TPSA) is 79.3 Å². The Balaban J connectivity index is 2.09. The van der Waals surface area contributed by atoms with Crippen LogP contribution < -0.4 is 9.47 Å². The summed E-state index contributed by atoms with van der Waals surface area (Å²) in [6, 6.07) is 9.53. The van der Waals surface area contributed by atoms with Crippen LogP contribution in [0.1, 0.15) is 44.4 Å². The van der Waals surface area contributed by atoms with Gasteiger partial charge in [0.1, 0.15) is 18.2 Å². The van der Waals surface area contributed by atoms with Gasteiger partial charge in [-0.25, -0.2) is 4.39 Å². The van der Waals surface area contributed by atoms with Crippen LogP contribution >= 0.6 is 0 Å². The Morgan fingerprint density at radius 3 is 2.41 bits per heavy atom. The zero-order chi connectivity index (χ0) is 26.9. The van der Waals surface area contributed by atoms with Gasteiger partial charge in [-0.15, -0.1) is 0 Å². The van der Waals surface area contributed by atoms with E-state index in [4.69, 9.17) is 9.47 Å². The SMILES string of the molecule is C=CCOc1ccc(C2C(=C(O)c3ccc(F)cc3)C(=O)C(=O)N2CCCN(CC)CC)cc1OCC. The molecular formula is C29H35FN2O5. The number of aliphatic hydroxyl groups excluding tert-OH is 1. The van der Waals surface area contributed by atoms with E-state index in [9.17, 15) is 19.1 Å². The number of carbonyl (C=O) groups excluding carboxylic acids is 2. The molecule has 1 saturated heterocycles. The van der Waals surface area contributed by atoms with Crippen LogP contribution in [0.25, 0.3) is 5.76 Å². The van der Waals surface area contributed by atoms with Crippen molar-refractivity contribution in [2.45, 2.75) is 33.2 Å². The number of ketones is 1. The highest BCUT2D eigenvalue weighted by atomic mass is 19.1. The molecule has 0 radical (unpaired) electrons. The molecule has 1 atom stereocenters. The van der Waals surface area contributed by atoms with Gasteiger partial charge >= 0.3 is 0 Å². The lowest BCUT2D eigenvalue weighted by Gasteiger charge is -2.27. The third-order valence-electron chi connectivity index (χ3n) is 6.37. The van der Waals surface area contributed by atoms with Gasteiger partial charge in [0.15, 0.2) is 11.5 Å². The van der Waals surface area contributed by atoms with Gasteiger partial charge < -0.3 is 24.4 Å². The standard InChI is InChI=1S/C29H35FN2O5/c1-5-18-37-23-15-12-21(19-24(23)36-8-4)26-25(27(33)20-10-13-22(30)14-11-20)28(34)29(35)32(26)17-9-16-31(6-2)7-3/h5,10-15,19,26,33H,1,6-9,16-18H2,2-4H3. The van der Waals surface area contributed by atoms with Crippen molar-refractivity contribution in [3.63, 3.8) is 0 Å². The average molecular weight is 511 g/mol. The largest absolute Gasteiger partial charge is 0.507 e. The lowest BCUT2D eigenvalue weighted by Crippen LogP contribution is -2.33. The molecule has 2 aromatic rings. The van der Waals surface area contributed by atoms with Crippen LogP contribution in [-0.2, 0) is 9.59 Å². The van der Waals surface area contributed by atoms with Crippen molar-refractivity contribution in [2.24, 2.45) is 0 Å². The molecular weight excluding hydrogens is 475 g/mol. The normalized spacial score (nSPS) is 16.9. The summed E-state index contributed by atoms with van der Waals surface area (Å²) >= 11 is 0. The highest BCUT2D eigenvalue weighted by Crippen LogP contribution is 2.42. The van der Waals surface area contributed by atoms with E-state index in [1.54, 1.807) is 24.3 Å². The molecule has 1 aliphatic heterocycles. The molecule has 7 nitrogen and oxygen atoms in total. The highest BCUT2D eigenvalue weighted by Gasteiger charge is 2.46. The molecule has 0 aromatic heterocycles. The smallest absolute Gasteiger partial charge is 0.295 e. The van der Waals surface area contributed by atoms with E-state index in [0.717, 1.165) is 19.6 Å². The van der Waals surface area contributed by atoms with Crippen LogP contribution in [0.4, 0.5) is 4.39 Å². The summed E-state index contributed by atoms with van der Waals surface area (Å²) in [7, 11) is 0. The van der Waals surface area contributed by atoms with Crippen molar-refractivity contribution in [3.8, 4) is 11.5 Å². The zero-order valence-electron chi connectivity index (χ0n) is 21.7. The minimum Gasteiger partial charge on any atom is -0.507 e. The maximum Gasteiger partial charge on any atom is 0.295 e. The number of benzene rings is 2. The minimum absolute atomic E-state index is 0.0401. The van der Waals surface area contributed by atoms with Gasteiger partial charge in [-0.05, 0) is 74.9 Å². The Kier molecular flexibility index (Phi) is 9.85. The number of Topliss-reactive ketones (excluding diaryl/α,β-unsaturated/α-hetero) is 1. The van der Waals surface area contributed by atoms with Crippen molar-refractivity contribution in [1.82, 2.24) is 9.80 Å². The minimum atomic E-state index is -0.839. The van der Waals surface area contributed by atoms with E-state index < -0.39 is 23.5 Å². The van der Waals surface area contributed by atoms with Crippen molar-refractivity contribution < 1.29 is 28.6 Å². The number of hydrogen-bond acceptors (Lipinski definition) is 6. The number of aliphatic hydroxyl groups is 1. The van der Waals surface area contributed by atoms with Gasteiger partial charge in [-0.2, -0.15) is 0 Å². The van der Waals surface area contributed by atoms with Crippen LogP contribution in [0.3, 0.4) is 0 Å². The van der Waals surface area contributed by atoms with Gasteiger partial charge in [0.25, 0.3) is 11.7 Å². The molecule has 0 spiro atoms. The maximum atomic E-state index is 13.5. The van der Waals surface area contributed by atoms with Crippen molar-refractivity contribution >= 4 is 17.4 Å². The maximum absolute atomic E-state index is 13.5. The fourth-order valence-corrected chi connectivity index (χ4v) is 4.46. The summed E-state index contributed by atoms with van der Waals surface area (Å²) in [4.78, 5) is 30.2. The first kappa shape index (κ1) is 27.9. The molecule has 0 aliphatic carbocycles. The van der Waals surface area contributed by atoms with Crippen molar-refractivity contribution in [2.75, 3.05) is 39.4 Å². The summed E-state index contributed by atoms with van der Waals surface area (Å²) in [5.74, 6) is -1.32. The first-order chi connectivity index (χ1) is 17.9. The average Bonchev–Trinajstić information content (AvgIpc) is 3.15. The number of halogens is 1. The van der Waals surface area contributed by atoms with Gasteiger partial charge in [0, 0.05) is 12.1 Å². The molecule has 1 aliphatic rings. The molecule has 3 rings (SSSR count). The van der Waals surface area contributed by atoms with Gasteiger partial charge in [0.05, 0.1) is 18.2 Å². The van der Waals surface area contributed by atoms with E-state index in [1.807, 2.05) is 6.92 Å². The molecule has 198 valence electrons. The molecule has 1 fully saturated rings. The fourth-order valence-electron chi connectivity index (χ4n) is 4.46. The predicted octanol–water partition coefficient (Wildman–Crippen LogP) is 4.94. The number of hydrogen-bond donors (Lipinski definition) is 1. The summed E-state index contributed by atoms with van der Waals surface area (Å²) in [6.45, 7) is 13.2. The predicted molar refractivity (Wildman–Crippen MR) is 141 cm³/mol. The fraction of sp³-hybridized carbons (Fsp3) is 0.379. The molecule has 1 N–H and O–H groups in total. The molecule has 0 bridgehead atoms. The van der Waals surface area contributed by atoms with Crippen LogP contribution in [0.5, 0.6) is 11.5 Å². The van der Waals surface area contributed by atoms with Gasteiger partial charge in [0.2, 0.25) is 0 Å². The Morgan fingerprint density at radius 1 is 1.08 bits per heavy atom. The Bertz CT molecular complexity index is 1140. The number of likely N-dealkylation sites (tertiary alicyclic amines) is 1. The van der Waals surface area contributed by atoms with Crippen LogP contribution in [0.2, 0.25) is 0 Å². The van der Waals surface area contributed by atoms with Crippen LogP contribution in [0, 0.1) is 5.82 Å². The summed E-state index contributed by atoms with van der Waals surface area (Å²) < 4.78 is 25.0. The number of nitrogens with zero attached hydrogens (tertiary/aromatic N) is 2. The number of amides is 1. The summed E-state index contributed by atoms with van der Waals surface area (Å²) in [6.07, 6.45) is 2.28. The molecule has 2 aromatic carbocycles. The zero-order valence-corrected chi connectivity index (χ0v) is 21.7. The second-order valence-electron chi connectivity index (χ2n) is 8.62. The first-order valence-corrected chi connectivity index (χ1v) is 12.6. The van der Waals surface area contributed by atoms with E-state index >= 15 is 0 Å². The summed E-state index contributed by atoms with van der Waals surface area (Å²) in [5.41, 5.74) is 0.810. The molecule has 1 amide bonds. The Morgan fingerprint density at radius 2 is 1.78 bits per heavy atom. The van der Waals surface area contributed by atoms with Crippen molar-refractivity contribution in [1.29, 1.82) is 0 Å². The monoisotopic (exact) mass is 510 g/mol. The quantitative estimate of drug-likeness (QED) is 0.178. The lowest BCUT2D eigenvalue weighted by atomic mass is 9.95. The first-order valence-electron chi connectivity index (χ1n) is 12.6. The number of rotatable bonds is 13. The highest BCUT2D eigenvalue weighted by molar-refractivity contribution is 6.46. The van der Waals surface area contributed by atoms with E-state index in [0.29, 0.717) is 36.6 Å². The Labute approximate surface area is 217 Å². The summed E-state index contributed by atoms with van der Waals surface area (Å²) in [5, 5.41) is 11.2. The van der Waals surface area contributed by atoms with E-state index in [-0.39, 0.29) is 23.5 Å². The second-order valence-corrected chi connectivity index (χ2v) is 8.62. The third-order valence-corrected chi connectivity index (χ3v) is 6.37. The second kappa shape index (κ2) is 13.1.